The Labute approximate surface area is 190 Å². The number of rotatable bonds is 15. The van der Waals surface area contributed by atoms with Gasteiger partial charge < -0.3 is 15.2 Å². The molecule has 0 spiro atoms. The van der Waals surface area contributed by atoms with Crippen LogP contribution in [-0.2, 0) is 11.3 Å². The number of aromatic hydroxyl groups is 1. The van der Waals surface area contributed by atoms with Gasteiger partial charge in [-0.25, -0.2) is 5.43 Å². The van der Waals surface area contributed by atoms with Gasteiger partial charge in [0, 0.05) is 37.4 Å². The highest BCUT2D eigenvalue weighted by molar-refractivity contribution is 5.94. The summed E-state index contributed by atoms with van der Waals surface area (Å²) in [4.78, 5) is 24.3. The lowest BCUT2D eigenvalue weighted by molar-refractivity contribution is 0.0928. The highest BCUT2D eigenvalue weighted by atomic mass is 16.5. The van der Waals surface area contributed by atoms with Crippen LogP contribution in [0.2, 0.25) is 0 Å². The summed E-state index contributed by atoms with van der Waals surface area (Å²) in [5.74, 6) is -0.296. The molecule has 0 saturated heterocycles. The molecule has 2 aromatic rings. The lowest BCUT2D eigenvalue weighted by Gasteiger charge is -2.09. The highest BCUT2D eigenvalue weighted by Gasteiger charge is 2.07. The molecule has 0 fully saturated rings. The minimum absolute atomic E-state index is 0.118. The lowest BCUT2D eigenvalue weighted by Crippen LogP contribution is -2.37. The first-order chi connectivity index (χ1) is 15.6. The molecule has 0 bridgehead atoms. The molecule has 32 heavy (non-hydrogen) atoms. The van der Waals surface area contributed by atoms with Crippen molar-refractivity contribution in [1.82, 2.24) is 16.2 Å². The first kappa shape index (κ1) is 25.4. The Morgan fingerprint density at radius 1 is 0.812 bits per heavy atom. The van der Waals surface area contributed by atoms with E-state index in [-0.39, 0.29) is 17.6 Å². The van der Waals surface area contributed by atoms with Crippen molar-refractivity contribution < 1.29 is 19.4 Å². The van der Waals surface area contributed by atoms with Gasteiger partial charge in [0.1, 0.15) is 5.75 Å². The maximum Gasteiger partial charge on any atom is 0.265 e. The molecule has 0 heterocycles. The van der Waals surface area contributed by atoms with Crippen molar-refractivity contribution in [2.75, 3.05) is 19.8 Å². The minimum atomic E-state index is -0.223. The van der Waals surface area contributed by atoms with E-state index in [1.54, 1.807) is 24.3 Å². The van der Waals surface area contributed by atoms with Gasteiger partial charge in [0.25, 0.3) is 11.8 Å². The summed E-state index contributed by atoms with van der Waals surface area (Å²) in [5, 5.41) is 12.1. The number of phenolic OH excluding ortho intramolecular Hbond substituents is 1. The molecule has 7 nitrogen and oxygen atoms in total. The smallest absolute Gasteiger partial charge is 0.265 e. The first-order valence-corrected chi connectivity index (χ1v) is 11.4. The van der Waals surface area contributed by atoms with Crippen LogP contribution < -0.4 is 16.2 Å². The molecule has 0 aromatic heterocycles. The van der Waals surface area contributed by atoms with Crippen LogP contribution in [0.5, 0.6) is 5.75 Å². The predicted octanol–water partition coefficient (Wildman–Crippen LogP) is 3.93. The van der Waals surface area contributed by atoms with E-state index in [0.717, 1.165) is 44.5 Å². The second kappa shape index (κ2) is 15.0. The zero-order valence-electron chi connectivity index (χ0n) is 18.9. The minimum Gasteiger partial charge on any atom is -0.508 e. The van der Waals surface area contributed by atoms with Crippen molar-refractivity contribution in [3.8, 4) is 5.75 Å². The van der Waals surface area contributed by atoms with Crippen molar-refractivity contribution in [3.05, 3.63) is 65.2 Å². The van der Waals surface area contributed by atoms with Gasteiger partial charge in [-0.2, -0.15) is 0 Å². The number of amides is 2. The number of ether oxygens (including phenoxy) is 1. The average Bonchev–Trinajstić information content (AvgIpc) is 2.81. The Bertz CT molecular complexity index is 807. The molecule has 0 atom stereocenters. The highest BCUT2D eigenvalue weighted by Crippen LogP contribution is 2.10. The Balaban J connectivity index is 1.57. The van der Waals surface area contributed by atoms with Crippen LogP contribution in [0.4, 0.5) is 0 Å². The van der Waals surface area contributed by atoms with Crippen LogP contribution in [0.15, 0.2) is 48.5 Å². The molecular weight excluding hydrogens is 406 g/mol. The largest absolute Gasteiger partial charge is 0.508 e. The Kier molecular flexibility index (Phi) is 11.9. The molecule has 2 rings (SSSR count). The fraction of sp³-hybridized carbons (Fsp3) is 0.440. The summed E-state index contributed by atoms with van der Waals surface area (Å²) < 4.78 is 5.58. The summed E-state index contributed by atoms with van der Waals surface area (Å²) >= 11 is 0. The normalized spacial score (nSPS) is 10.7. The fourth-order valence-electron chi connectivity index (χ4n) is 3.04. The molecule has 4 N–H and O–H groups in total. The fourth-order valence-corrected chi connectivity index (χ4v) is 3.04. The lowest BCUT2D eigenvalue weighted by atomic mass is 10.1. The number of benzene rings is 2. The van der Waals surface area contributed by atoms with Gasteiger partial charge in [0.15, 0.2) is 0 Å². The van der Waals surface area contributed by atoms with Gasteiger partial charge in [-0.1, -0.05) is 31.9 Å². The molecule has 0 radical (unpaired) electrons. The second-order valence-corrected chi connectivity index (χ2v) is 7.69. The number of unbranched alkanes of at least 4 members (excludes halogenated alkanes) is 4. The third-order valence-corrected chi connectivity index (χ3v) is 4.98. The van der Waals surface area contributed by atoms with Crippen LogP contribution in [0.3, 0.4) is 0 Å². The quantitative estimate of drug-likeness (QED) is 0.248. The molecular formula is C25H35N3O4. The van der Waals surface area contributed by atoms with Gasteiger partial charge in [-0.05, 0) is 67.6 Å². The Hall–Kier alpha value is -2.90. The summed E-state index contributed by atoms with van der Waals surface area (Å²) in [6.07, 6.45) is 6.64. The topological polar surface area (TPSA) is 99.7 Å². The Morgan fingerprint density at radius 2 is 1.44 bits per heavy atom. The van der Waals surface area contributed by atoms with E-state index in [0.29, 0.717) is 24.2 Å². The zero-order chi connectivity index (χ0) is 23.0. The van der Waals surface area contributed by atoms with Crippen LogP contribution in [0.1, 0.15) is 71.7 Å². The number of nitrogens with one attached hydrogen (secondary N) is 3. The molecule has 0 unspecified atom stereocenters. The van der Waals surface area contributed by atoms with Gasteiger partial charge in [-0.3, -0.25) is 15.0 Å². The van der Waals surface area contributed by atoms with Crippen molar-refractivity contribution in [2.24, 2.45) is 0 Å². The SMILES string of the molecule is CCCCCOCCCCCNNC(=O)c1ccc(CNC(=O)c2ccc(O)cc2)cc1. The van der Waals surface area contributed by atoms with E-state index in [4.69, 9.17) is 4.74 Å². The van der Waals surface area contributed by atoms with E-state index < -0.39 is 0 Å². The molecule has 0 aliphatic carbocycles. The monoisotopic (exact) mass is 441 g/mol. The van der Waals surface area contributed by atoms with E-state index in [1.807, 2.05) is 12.1 Å². The van der Waals surface area contributed by atoms with Crippen LogP contribution in [0.25, 0.3) is 0 Å². The third-order valence-electron chi connectivity index (χ3n) is 4.98. The van der Waals surface area contributed by atoms with Gasteiger partial charge in [0.05, 0.1) is 0 Å². The maximum atomic E-state index is 12.2. The third kappa shape index (κ3) is 9.94. The summed E-state index contributed by atoms with van der Waals surface area (Å²) in [5.41, 5.74) is 7.59. The second-order valence-electron chi connectivity index (χ2n) is 7.69. The molecule has 7 heteroatoms. The van der Waals surface area contributed by atoms with Gasteiger partial charge in [-0.15, -0.1) is 0 Å². The molecule has 174 valence electrons. The molecule has 2 amide bonds. The zero-order valence-corrected chi connectivity index (χ0v) is 18.9. The van der Waals surface area contributed by atoms with Crippen LogP contribution in [0, 0.1) is 0 Å². The standard InChI is InChI=1S/C25H35N3O4/c1-2-3-6-17-32-18-7-4-5-16-27-28-25(31)22-10-8-20(9-11-22)19-26-24(30)21-12-14-23(29)15-13-21/h8-15,27,29H,2-7,16-19H2,1H3,(H,26,30)(H,28,31). The number of carbonyl (C=O) groups excluding carboxylic acids is 2. The predicted molar refractivity (Wildman–Crippen MR) is 125 cm³/mol. The number of phenols is 1. The van der Waals surface area contributed by atoms with Crippen molar-refractivity contribution in [2.45, 2.75) is 52.0 Å². The van der Waals surface area contributed by atoms with E-state index in [1.165, 1.54) is 25.0 Å². The number of hydrogen-bond donors (Lipinski definition) is 4. The van der Waals surface area contributed by atoms with Crippen molar-refractivity contribution in [1.29, 1.82) is 0 Å². The van der Waals surface area contributed by atoms with E-state index >= 15 is 0 Å². The van der Waals surface area contributed by atoms with Gasteiger partial charge in [0.2, 0.25) is 0 Å². The molecule has 0 aliphatic heterocycles. The van der Waals surface area contributed by atoms with E-state index in [2.05, 4.69) is 23.1 Å². The Morgan fingerprint density at radius 3 is 2.12 bits per heavy atom. The average molecular weight is 442 g/mol. The van der Waals surface area contributed by atoms with Crippen molar-refractivity contribution in [3.63, 3.8) is 0 Å². The van der Waals surface area contributed by atoms with Crippen LogP contribution >= 0.6 is 0 Å². The first-order valence-electron chi connectivity index (χ1n) is 11.4. The van der Waals surface area contributed by atoms with Crippen LogP contribution in [-0.4, -0.2) is 36.7 Å². The summed E-state index contributed by atoms with van der Waals surface area (Å²) in [6.45, 7) is 4.90. The number of hydrogen-bond acceptors (Lipinski definition) is 5. The summed E-state index contributed by atoms with van der Waals surface area (Å²) in [7, 11) is 0. The molecule has 0 aliphatic rings. The number of hydrazine groups is 1. The molecule has 0 saturated carbocycles. The van der Waals surface area contributed by atoms with Gasteiger partial charge >= 0.3 is 0 Å². The van der Waals surface area contributed by atoms with Crippen molar-refractivity contribution >= 4 is 11.8 Å². The summed E-state index contributed by atoms with van der Waals surface area (Å²) in [6, 6.07) is 13.2. The van der Waals surface area contributed by atoms with E-state index in [9.17, 15) is 14.7 Å². The molecule has 2 aromatic carbocycles. The number of carbonyl (C=O) groups is 2. The maximum absolute atomic E-state index is 12.2.